The summed E-state index contributed by atoms with van der Waals surface area (Å²) in [6, 6.07) is 5.43. The van der Waals surface area contributed by atoms with Crippen LogP contribution in [0.25, 0.3) is 5.69 Å². The highest BCUT2D eigenvalue weighted by molar-refractivity contribution is 5.46. The van der Waals surface area contributed by atoms with Gasteiger partial charge in [-0.3, -0.25) is 4.57 Å². The van der Waals surface area contributed by atoms with E-state index in [1.165, 1.54) is 18.2 Å². The van der Waals surface area contributed by atoms with Crippen LogP contribution in [0.1, 0.15) is 49.7 Å². The molecule has 1 atom stereocenters. The van der Waals surface area contributed by atoms with Gasteiger partial charge in [0.15, 0.2) is 0 Å². The molecular formula is C17H22FN3. The first-order chi connectivity index (χ1) is 10.2. The van der Waals surface area contributed by atoms with Gasteiger partial charge in [0, 0.05) is 11.7 Å². The molecule has 1 unspecified atom stereocenters. The summed E-state index contributed by atoms with van der Waals surface area (Å²) in [5.74, 6) is -0.178. The molecule has 0 saturated carbocycles. The van der Waals surface area contributed by atoms with E-state index in [2.05, 4.69) is 24.1 Å². The minimum absolute atomic E-state index is 0.113. The van der Waals surface area contributed by atoms with Crippen LogP contribution in [0.15, 0.2) is 24.5 Å². The number of nitrogens with zero attached hydrogens (tertiary/aromatic N) is 2. The van der Waals surface area contributed by atoms with Gasteiger partial charge in [-0.15, -0.1) is 0 Å². The van der Waals surface area contributed by atoms with E-state index in [1.54, 1.807) is 12.4 Å². The van der Waals surface area contributed by atoms with Gasteiger partial charge in [0.05, 0.1) is 17.7 Å². The van der Waals surface area contributed by atoms with Crippen molar-refractivity contribution < 1.29 is 4.39 Å². The zero-order chi connectivity index (χ0) is 14.8. The molecule has 4 heteroatoms. The molecule has 0 saturated heterocycles. The lowest BCUT2D eigenvalue weighted by Crippen LogP contribution is -2.20. The number of rotatable bonds is 4. The first-order valence-electron chi connectivity index (χ1n) is 7.79. The van der Waals surface area contributed by atoms with Crippen molar-refractivity contribution in [2.24, 2.45) is 0 Å². The van der Waals surface area contributed by atoms with Crippen molar-refractivity contribution in [3.63, 3.8) is 0 Å². The van der Waals surface area contributed by atoms with Gasteiger partial charge in [-0.1, -0.05) is 19.1 Å². The smallest absolute Gasteiger partial charge is 0.147 e. The molecule has 1 aliphatic rings. The number of halogens is 1. The van der Waals surface area contributed by atoms with Crippen LogP contribution in [0.2, 0.25) is 0 Å². The Morgan fingerprint density at radius 3 is 2.95 bits per heavy atom. The maximum Gasteiger partial charge on any atom is 0.147 e. The quantitative estimate of drug-likeness (QED) is 0.932. The van der Waals surface area contributed by atoms with Crippen molar-refractivity contribution in [2.75, 3.05) is 6.54 Å². The topological polar surface area (TPSA) is 29.9 Å². The molecule has 0 radical (unpaired) electrons. The number of fused-ring (bicyclic) bond motifs is 1. The first kappa shape index (κ1) is 14.3. The molecule has 0 spiro atoms. The normalized spacial score (nSPS) is 15.8. The molecule has 1 aromatic carbocycles. The van der Waals surface area contributed by atoms with Crippen LogP contribution < -0.4 is 5.32 Å². The second-order valence-corrected chi connectivity index (χ2v) is 5.67. The Morgan fingerprint density at radius 1 is 1.33 bits per heavy atom. The fourth-order valence-corrected chi connectivity index (χ4v) is 3.21. The lowest BCUT2D eigenvalue weighted by atomic mass is 10.00. The number of para-hydroxylation sites is 1. The van der Waals surface area contributed by atoms with Crippen molar-refractivity contribution >= 4 is 0 Å². The summed E-state index contributed by atoms with van der Waals surface area (Å²) in [6.45, 7) is 5.00. The highest BCUT2D eigenvalue weighted by Crippen LogP contribution is 2.29. The summed E-state index contributed by atoms with van der Waals surface area (Å²) < 4.78 is 16.5. The summed E-state index contributed by atoms with van der Waals surface area (Å²) in [6.07, 6.45) is 6.12. The van der Waals surface area contributed by atoms with Crippen molar-refractivity contribution in [2.45, 2.75) is 45.6 Å². The molecule has 0 fully saturated rings. The van der Waals surface area contributed by atoms with E-state index in [0.717, 1.165) is 37.1 Å². The second kappa shape index (κ2) is 5.98. The van der Waals surface area contributed by atoms with E-state index in [1.807, 2.05) is 10.6 Å². The largest absolute Gasteiger partial charge is 0.310 e. The summed E-state index contributed by atoms with van der Waals surface area (Å²) in [5, 5.41) is 3.37. The van der Waals surface area contributed by atoms with Gasteiger partial charge in [-0.2, -0.15) is 0 Å². The molecule has 112 valence electrons. The van der Waals surface area contributed by atoms with Crippen LogP contribution in [0.4, 0.5) is 4.39 Å². The van der Waals surface area contributed by atoms with Crippen LogP contribution in [-0.4, -0.2) is 16.1 Å². The van der Waals surface area contributed by atoms with Crippen molar-refractivity contribution in [1.82, 2.24) is 14.9 Å². The first-order valence-corrected chi connectivity index (χ1v) is 7.79. The SMILES string of the molecule is CCNC(C)c1cccc(F)c1-n1cnc2c1CCCC2. The van der Waals surface area contributed by atoms with Gasteiger partial charge in [0.1, 0.15) is 5.82 Å². The van der Waals surface area contributed by atoms with Crippen molar-refractivity contribution in [1.29, 1.82) is 0 Å². The number of benzene rings is 1. The Bertz CT molecular complexity index is 633. The Balaban J connectivity index is 2.11. The van der Waals surface area contributed by atoms with Gasteiger partial charge < -0.3 is 5.32 Å². The minimum atomic E-state index is -0.178. The Morgan fingerprint density at radius 2 is 2.14 bits per heavy atom. The molecule has 1 N–H and O–H groups in total. The zero-order valence-electron chi connectivity index (χ0n) is 12.7. The highest BCUT2D eigenvalue weighted by atomic mass is 19.1. The zero-order valence-corrected chi connectivity index (χ0v) is 12.7. The predicted octanol–water partition coefficient (Wildman–Crippen LogP) is 3.56. The molecular weight excluding hydrogens is 265 g/mol. The maximum atomic E-state index is 14.5. The van der Waals surface area contributed by atoms with E-state index in [4.69, 9.17) is 0 Å². The number of aryl methyl sites for hydroxylation is 1. The lowest BCUT2D eigenvalue weighted by Gasteiger charge is -2.21. The van der Waals surface area contributed by atoms with Crippen LogP contribution in [0, 0.1) is 5.82 Å². The third-order valence-electron chi connectivity index (χ3n) is 4.27. The highest BCUT2D eigenvalue weighted by Gasteiger charge is 2.21. The predicted molar refractivity (Wildman–Crippen MR) is 82.3 cm³/mol. The third-order valence-corrected chi connectivity index (χ3v) is 4.27. The fraction of sp³-hybridized carbons (Fsp3) is 0.471. The van der Waals surface area contributed by atoms with Gasteiger partial charge in [0.2, 0.25) is 0 Å². The van der Waals surface area contributed by atoms with Gasteiger partial charge in [-0.05, 0) is 50.8 Å². The monoisotopic (exact) mass is 287 g/mol. The number of hydrogen-bond acceptors (Lipinski definition) is 2. The Kier molecular flexibility index (Phi) is 4.06. The van der Waals surface area contributed by atoms with Crippen LogP contribution >= 0.6 is 0 Å². The molecule has 0 aliphatic heterocycles. The Hall–Kier alpha value is -1.68. The second-order valence-electron chi connectivity index (χ2n) is 5.67. The molecule has 0 amide bonds. The van der Waals surface area contributed by atoms with E-state index >= 15 is 0 Å². The number of nitrogens with one attached hydrogen (secondary N) is 1. The molecule has 3 nitrogen and oxygen atoms in total. The number of aromatic nitrogens is 2. The van der Waals surface area contributed by atoms with Crippen LogP contribution in [0.3, 0.4) is 0 Å². The average molecular weight is 287 g/mol. The van der Waals surface area contributed by atoms with Crippen LogP contribution in [-0.2, 0) is 12.8 Å². The van der Waals surface area contributed by atoms with Gasteiger partial charge in [0.25, 0.3) is 0 Å². The molecule has 0 bridgehead atoms. The summed E-state index contributed by atoms with van der Waals surface area (Å²) in [5.41, 5.74) is 3.95. The number of hydrogen-bond donors (Lipinski definition) is 1. The summed E-state index contributed by atoms with van der Waals surface area (Å²) in [4.78, 5) is 4.50. The van der Waals surface area contributed by atoms with Gasteiger partial charge >= 0.3 is 0 Å². The van der Waals surface area contributed by atoms with Crippen molar-refractivity contribution in [3.8, 4) is 5.69 Å². The van der Waals surface area contributed by atoms with E-state index in [9.17, 15) is 4.39 Å². The molecule has 2 aromatic rings. The molecule has 21 heavy (non-hydrogen) atoms. The molecule has 1 aliphatic carbocycles. The molecule has 3 rings (SSSR count). The fourth-order valence-electron chi connectivity index (χ4n) is 3.21. The molecule has 1 heterocycles. The minimum Gasteiger partial charge on any atom is -0.310 e. The summed E-state index contributed by atoms with van der Waals surface area (Å²) in [7, 11) is 0. The van der Waals surface area contributed by atoms with E-state index in [0.29, 0.717) is 5.69 Å². The van der Waals surface area contributed by atoms with E-state index < -0.39 is 0 Å². The van der Waals surface area contributed by atoms with Crippen LogP contribution in [0.5, 0.6) is 0 Å². The van der Waals surface area contributed by atoms with Crippen molar-refractivity contribution in [3.05, 3.63) is 47.3 Å². The third kappa shape index (κ3) is 2.60. The van der Waals surface area contributed by atoms with E-state index in [-0.39, 0.29) is 11.9 Å². The average Bonchev–Trinajstić information content (AvgIpc) is 2.91. The Labute approximate surface area is 125 Å². The summed E-state index contributed by atoms with van der Waals surface area (Å²) >= 11 is 0. The molecule has 1 aromatic heterocycles. The van der Waals surface area contributed by atoms with Gasteiger partial charge in [-0.25, -0.2) is 9.37 Å². The maximum absolute atomic E-state index is 14.5. The standard InChI is InChI=1S/C17H22FN3/c1-3-19-12(2)13-7-6-8-14(18)17(13)21-11-20-15-9-4-5-10-16(15)21/h6-8,11-12,19H,3-5,9-10H2,1-2H3. The number of imidazole rings is 1. The lowest BCUT2D eigenvalue weighted by molar-refractivity contribution is 0.570.